The lowest BCUT2D eigenvalue weighted by atomic mass is 9.96. The van der Waals surface area contributed by atoms with Crippen LogP contribution in [0.25, 0.3) is 0 Å². The number of carbonyl (C=O) groups excluding carboxylic acids is 2. The Morgan fingerprint density at radius 2 is 2.13 bits per heavy atom. The summed E-state index contributed by atoms with van der Waals surface area (Å²) in [6, 6.07) is 1.59. The van der Waals surface area contributed by atoms with Crippen molar-refractivity contribution in [2.45, 2.75) is 43.5 Å². The quantitative estimate of drug-likeness (QED) is 0.714. The van der Waals surface area contributed by atoms with Crippen molar-refractivity contribution in [3.63, 3.8) is 0 Å². The van der Waals surface area contributed by atoms with Crippen LogP contribution in [0.5, 0.6) is 0 Å². The van der Waals surface area contributed by atoms with E-state index in [0.29, 0.717) is 15.7 Å². The summed E-state index contributed by atoms with van der Waals surface area (Å²) < 4.78 is 0. The summed E-state index contributed by atoms with van der Waals surface area (Å²) in [7, 11) is 0. The highest BCUT2D eigenvalue weighted by Gasteiger charge is 2.22. The SMILES string of the molecule is C[C@H](Sc1n[nH]c(C(C)(C)C)n1)C(=O)Nc1sccc1C(N)=O. The average molecular weight is 353 g/mol. The van der Waals surface area contributed by atoms with Gasteiger partial charge in [0.1, 0.15) is 10.8 Å². The maximum atomic E-state index is 12.3. The van der Waals surface area contributed by atoms with Crippen LogP contribution in [0.2, 0.25) is 0 Å². The van der Waals surface area contributed by atoms with Crippen molar-refractivity contribution in [2.75, 3.05) is 5.32 Å². The molecule has 7 nitrogen and oxygen atoms in total. The van der Waals surface area contributed by atoms with Crippen molar-refractivity contribution in [3.8, 4) is 0 Å². The molecule has 0 unspecified atom stereocenters. The van der Waals surface area contributed by atoms with Gasteiger partial charge in [0.25, 0.3) is 5.91 Å². The minimum atomic E-state index is -0.564. The van der Waals surface area contributed by atoms with Gasteiger partial charge in [-0.2, -0.15) is 0 Å². The Morgan fingerprint density at radius 3 is 2.70 bits per heavy atom. The van der Waals surface area contributed by atoms with Gasteiger partial charge in [-0.1, -0.05) is 32.5 Å². The number of aromatic nitrogens is 3. The topological polar surface area (TPSA) is 114 Å². The zero-order valence-electron chi connectivity index (χ0n) is 13.3. The van der Waals surface area contributed by atoms with Gasteiger partial charge in [-0.15, -0.1) is 16.4 Å². The van der Waals surface area contributed by atoms with Gasteiger partial charge in [-0.25, -0.2) is 4.98 Å². The van der Waals surface area contributed by atoms with Crippen LogP contribution in [0.4, 0.5) is 5.00 Å². The molecular formula is C14H19N5O2S2. The van der Waals surface area contributed by atoms with E-state index in [1.807, 2.05) is 20.8 Å². The molecule has 0 aliphatic heterocycles. The molecule has 23 heavy (non-hydrogen) atoms. The van der Waals surface area contributed by atoms with E-state index in [1.165, 1.54) is 23.1 Å². The molecule has 124 valence electrons. The molecule has 0 aliphatic carbocycles. The number of H-pyrrole nitrogens is 1. The van der Waals surface area contributed by atoms with Gasteiger partial charge in [0, 0.05) is 5.41 Å². The lowest BCUT2D eigenvalue weighted by Crippen LogP contribution is -2.23. The van der Waals surface area contributed by atoms with E-state index in [9.17, 15) is 9.59 Å². The van der Waals surface area contributed by atoms with E-state index in [-0.39, 0.29) is 11.3 Å². The Balaban J connectivity index is 2.01. The van der Waals surface area contributed by atoms with Crippen LogP contribution in [0.1, 0.15) is 43.9 Å². The van der Waals surface area contributed by atoms with E-state index >= 15 is 0 Å². The van der Waals surface area contributed by atoms with Gasteiger partial charge in [0.05, 0.1) is 10.8 Å². The molecular weight excluding hydrogens is 334 g/mol. The predicted octanol–water partition coefficient (Wildman–Crippen LogP) is 2.38. The molecule has 0 saturated carbocycles. The number of thioether (sulfide) groups is 1. The second-order valence-corrected chi connectivity index (χ2v) is 8.22. The number of nitrogens with one attached hydrogen (secondary N) is 2. The van der Waals surface area contributed by atoms with E-state index in [1.54, 1.807) is 18.4 Å². The third-order valence-electron chi connectivity index (χ3n) is 2.99. The number of primary amides is 1. The fourth-order valence-electron chi connectivity index (χ4n) is 1.66. The molecule has 2 amide bonds. The third kappa shape index (κ3) is 4.32. The summed E-state index contributed by atoms with van der Waals surface area (Å²) in [6.07, 6.45) is 0. The summed E-state index contributed by atoms with van der Waals surface area (Å²) in [6.45, 7) is 7.84. The molecule has 0 bridgehead atoms. The molecule has 2 rings (SSSR count). The van der Waals surface area contributed by atoms with Gasteiger partial charge >= 0.3 is 0 Å². The minimum Gasteiger partial charge on any atom is -0.366 e. The number of nitrogens with two attached hydrogens (primary N) is 1. The largest absolute Gasteiger partial charge is 0.366 e. The summed E-state index contributed by atoms with van der Waals surface area (Å²) >= 11 is 2.51. The third-order valence-corrected chi connectivity index (χ3v) is 4.78. The van der Waals surface area contributed by atoms with Crippen LogP contribution in [0.15, 0.2) is 16.6 Å². The number of anilines is 1. The lowest BCUT2D eigenvalue weighted by Gasteiger charge is -2.13. The Labute approximate surface area is 142 Å². The molecule has 0 spiro atoms. The molecule has 0 saturated heterocycles. The Morgan fingerprint density at radius 1 is 1.43 bits per heavy atom. The average Bonchev–Trinajstić information content (AvgIpc) is 3.06. The maximum Gasteiger partial charge on any atom is 0.251 e. The second-order valence-electron chi connectivity index (χ2n) is 5.99. The molecule has 9 heteroatoms. The zero-order chi connectivity index (χ0) is 17.2. The van der Waals surface area contributed by atoms with Crippen molar-refractivity contribution in [3.05, 3.63) is 22.8 Å². The van der Waals surface area contributed by atoms with Crippen LogP contribution in [0.3, 0.4) is 0 Å². The number of carbonyl (C=O) groups is 2. The molecule has 0 fully saturated rings. The number of thiophene rings is 1. The Hall–Kier alpha value is -1.87. The monoisotopic (exact) mass is 353 g/mol. The standard InChI is InChI=1S/C14H19N5O2S2/c1-7(23-13-17-12(18-19-13)14(2,3)4)10(21)16-11-8(9(15)20)5-6-22-11/h5-7H,1-4H3,(H2,15,20)(H,16,21)(H,17,18,19)/t7-/m0/s1. The maximum absolute atomic E-state index is 12.3. The number of amides is 2. The number of rotatable bonds is 5. The number of hydrogen-bond donors (Lipinski definition) is 3. The van der Waals surface area contributed by atoms with E-state index in [2.05, 4.69) is 20.5 Å². The first-order valence-electron chi connectivity index (χ1n) is 6.96. The predicted molar refractivity (Wildman–Crippen MR) is 91.9 cm³/mol. The fraction of sp³-hybridized carbons (Fsp3) is 0.429. The second kappa shape index (κ2) is 6.71. The van der Waals surface area contributed by atoms with Crippen molar-refractivity contribution in [2.24, 2.45) is 5.73 Å². The molecule has 0 aromatic carbocycles. The van der Waals surface area contributed by atoms with E-state index < -0.39 is 11.2 Å². The van der Waals surface area contributed by atoms with Crippen LogP contribution >= 0.6 is 23.1 Å². The highest BCUT2D eigenvalue weighted by Crippen LogP contribution is 2.27. The normalized spacial score (nSPS) is 12.9. The fourth-order valence-corrected chi connectivity index (χ4v) is 3.18. The first-order chi connectivity index (χ1) is 10.7. The summed E-state index contributed by atoms with van der Waals surface area (Å²) in [5, 5.41) is 12.0. The number of hydrogen-bond acceptors (Lipinski definition) is 6. The van der Waals surface area contributed by atoms with Crippen molar-refractivity contribution < 1.29 is 9.59 Å². The zero-order valence-corrected chi connectivity index (χ0v) is 15.0. The highest BCUT2D eigenvalue weighted by molar-refractivity contribution is 8.00. The van der Waals surface area contributed by atoms with Crippen LogP contribution in [-0.2, 0) is 10.2 Å². The van der Waals surface area contributed by atoms with E-state index in [0.717, 1.165) is 5.82 Å². The van der Waals surface area contributed by atoms with Gasteiger partial charge in [0.15, 0.2) is 0 Å². The molecule has 2 aromatic rings. The van der Waals surface area contributed by atoms with Crippen LogP contribution in [0, 0.1) is 0 Å². The number of nitrogens with zero attached hydrogens (tertiary/aromatic N) is 2. The Kier molecular flexibility index (Phi) is 5.10. The Bertz CT molecular complexity index is 717. The van der Waals surface area contributed by atoms with Gasteiger partial charge < -0.3 is 11.1 Å². The minimum absolute atomic E-state index is 0.134. The van der Waals surface area contributed by atoms with Crippen molar-refractivity contribution >= 4 is 39.9 Å². The molecule has 2 heterocycles. The van der Waals surface area contributed by atoms with Crippen molar-refractivity contribution in [1.29, 1.82) is 0 Å². The van der Waals surface area contributed by atoms with Crippen LogP contribution in [-0.4, -0.2) is 32.2 Å². The van der Waals surface area contributed by atoms with Crippen LogP contribution < -0.4 is 11.1 Å². The first-order valence-corrected chi connectivity index (χ1v) is 8.72. The molecule has 1 atom stereocenters. The summed E-state index contributed by atoms with van der Waals surface area (Å²) in [5.74, 6) is -0.0328. The molecule has 0 aliphatic rings. The summed E-state index contributed by atoms with van der Waals surface area (Å²) in [5.41, 5.74) is 5.44. The molecule has 0 radical (unpaired) electrons. The molecule has 4 N–H and O–H groups in total. The first kappa shape index (κ1) is 17.5. The lowest BCUT2D eigenvalue weighted by molar-refractivity contribution is -0.115. The van der Waals surface area contributed by atoms with Gasteiger partial charge in [-0.3, -0.25) is 14.7 Å². The van der Waals surface area contributed by atoms with Gasteiger partial charge in [-0.05, 0) is 18.4 Å². The van der Waals surface area contributed by atoms with Crippen molar-refractivity contribution in [1.82, 2.24) is 15.2 Å². The van der Waals surface area contributed by atoms with E-state index in [4.69, 9.17) is 5.73 Å². The highest BCUT2D eigenvalue weighted by atomic mass is 32.2. The summed E-state index contributed by atoms with van der Waals surface area (Å²) in [4.78, 5) is 27.9. The van der Waals surface area contributed by atoms with Gasteiger partial charge in [0.2, 0.25) is 11.1 Å². The molecule has 2 aromatic heterocycles. The smallest absolute Gasteiger partial charge is 0.251 e. The number of aromatic amines is 1.